The van der Waals surface area contributed by atoms with Gasteiger partial charge in [-0.3, -0.25) is 14.9 Å². The molecule has 8 nitrogen and oxygen atoms in total. The van der Waals surface area contributed by atoms with E-state index in [9.17, 15) is 20.0 Å². The van der Waals surface area contributed by atoms with Gasteiger partial charge in [-0.05, 0) is 35.9 Å². The van der Waals surface area contributed by atoms with E-state index in [2.05, 4.69) is 5.10 Å². The third kappa shape index (κ3) is 3.07. The average molecular weight is 322 g/mol. The molecule has 0 aliphatic heterocycles. The summed E-state index contributed by atoms with van der Waals surface area (Å²) in [5, 5.41) is 26.5. The lowest BCUT2D eigenvalue weighted by atomic mass is 10.2. The molecule has 1 heterocycles. The van der Waals surface area contributed by atoms with Crippen LogP contribution in [0.4, 0.5) is 11.5 Å². The highest BCUT2D eigenvalue weighted by Crippen LogP contribution is 2.29. The van der Waals surface area contributed by atoms with Crippen LogP contribution >= 0.6 is 11.6 Å². The summed E-state index contributed by atoms with van der Waals surface area (Å²) in [7, 11) is 0. The van der Waals surface area contributed by atoms with Crippen LogP contribution in [-0.4, -0.2) is 15.8 Å². The van der Waals surface area contributed by atoms with E-state index in [1.54, 1.807) is 6.92 Å². The lowest BCUT2D eigenvalue weighted by molar-refractivity contribution is -0.398. The smallest absolute Gasteiger partial charge is 0.273 e. The Hall–Kier alpha value is -2.87. The average Bonchev–Trinajstić information content (AvgIpc) is 2.40. The van der Waals surface area contributed by atoms with Gasteiger partial charge < -0.3 is 10.8 Å². The van der Waals surface area contributed by atoms with Crippen LogP contribution in [0.5, 0.6) is 5.75 Å². The largest absolute Gasteiger partial charge is 0.867 e. The summed E-state index contributed by atoms with van der Waals surface area (Å²) in [5.74, 6) is -0.776. The Morgan fingerprint density at radius 1 is 1.36 bits per heavy atom. The summed E-state index contributed by atoms with van der Waals surface area (Å²) >= 11 is 5.73. The second-order valence-electron chi connectivity index (χ2n) is 4.45. The minimum absolute atomic E-state index is 0.0111. The van der Waals surface area contributed by atoms with Crippen molar-refractivity contribution in [3.05, 3.63) is 60.9 Å². The number of nitro benzene ring substituents is 1. The predicted molar refractivity (Wildman–Crippen MR) is 80.4 cm³/mol. The number of halogens is 1. The van der Waals surface area contributed by atoms with Crippen molar-refractivity contribution in [2.75, 3.05) is 5.73 Å². The van der Waals surface area contributed by atoms with Crippen molar-refractivity contribution >= 4 is 29.3 Å². The first kappa shape index (κ1) is 15.5. The number of pyridine rings is 1. The summed E-state index contributed by atoms with van der Waals surface area (Å²) in [5.41, 5.74) is 5.06. The second-order valence-corrected chi connectivity index (χ2v) is 4.89. The molecule has 0 atom stereocenters. The highest BCUT2D eigenvalue weighted by molar-refractivity contribution is 6.31. The number of nitro groups is 1. The molecule has 22 heavy (non-hydrogen) atoms. The molecule has 1 aromatic carbocycles. The molecule has 2 N–H and O–H groups in total. The maximum absolute atomic E-state index is 11.9. The van der Waals surface area contributed by atoms with Gasteiger partial charge in [-0.2, -0.15) is 9.78 Å². The Bertz CT molecular complexity index is 845. The van der Waals surface area contributed by atoms with E-state index >= 15 is 0 Å². The van der Waals surface area contributed by atoms with Crippen LogP contribution in [0.1, 0.15) is 11.1 Å². The Balaban J connectivity index is 2.52. The van der Waals surface area contributed by atoms with Crippen molar-refractivity contribution in [1.82, 2.24) is 4.68 Å². The maximum atomic E-state index is 11.9. The minimum atomic E-state index is -0.850. The molecule has 0 saturated heterocycles. The van der Waals surface area contributed by atoms with Gasteiger partial charge in [0.2, 0.25) is 0 Å². The normalized spacial score (nSPS) is 11.0. The highest BCUT2D eigenvalue weighted by Gasteiger charge is 2.11. The van der Waals surface area contributed by atoms with E-state index in [0.717, 1.165) is 17.0 Å². The molecule has 0 saturated carbocycles. The fourth-order valence-electron chi connectivity index (χ4n) is 1.79. The Labute approximate surface area is 129 Å². The number of benzene rings is 1. The summed E-state index contributed by atoms with van der Waals surface area (Å²) in [4.78, 5) is 21.7. The van der Waals surface area contributed by atoms with Crippen LogP contribution in [-0.2, 0) is 0 Å². The third-order valence-corrected chi connectivity index (χ3v) is 2.97. The zero-order chi connectivity index (χ0) is 16.4. The highest BCUT2D eigenvalue weighted by atomic mass is 35.5. The first-order chi connectivity index (χ1) is 10.3. The quantitative estimate of drug-likeness (QED) is 0.517. The Morgan fingerprint density at radius 3 is 2.64 bits per heavy atom. The number of rotatable bonds is 3. The molecular formula is C13H10ClN4O4-. The molecule has 1 aromatic heterocycles. The van der Waals surface area contributed by atoms with Crippen LogP contribution in [0, 0.1) is 17.0 Å². The number of aryl methyl sites for hydroxylation is 1. The van der Waals surface area contributed by atoms with Crippen molar-refractivity contribution in [2.45, 2.75) is 6.92 Å². The van der Waals surface area contributed by atoms with Crippen LogP contribution in [0.15, 0.2) is 34.2 Å². The molecule has 0 fully saturated rings. The predicted octanol–water partition coefficient (Wildman–Crippen LogP) is 1.26. The van der Waals surface area contributed by atoms with E-state index in [1.807, 2.05) is 0 Å². The molecule has 2 rings (SSSR count). The summed E-state index contributed by atoms with van der Waals surface area (Å²) < 4.78 is 0.874. The van der Waals surface area contributed by atoms with Crippen LogP contribution < -0.4 is 16.4 Å². The van der Waals surface area contributed by atoms with Crippen molar-refractivity contribution < 1.29 is 10.0 Å². The number of hydrogen-bond acceptors (Lipinski definition) is 6. The fourth-order valence-corrected chi connectivity index (χ4v) is 2.01. The number of nitrogen functional groups attached to an aromatic ring is 1. The van der Waals surface area contributed by atoms with Gasteiger partial charge in [0, 0.05) is 17.2 Å². The summed E-state index contributed by atoms with van der Waals surface area (Å²) in [6.07, 6.45) is 1.01. The molecule has 0 radical (unpaired) electrons. The topological polar surface area (TPSA) is 127 Å². The number of nitrogens with zero attached hydrogens (tertiary/aromatic N) is 3. The van der Waals surface area contributed by atoms with Gasteiger partial charge in [0.15, 0.2) is 0 Å². The minimum Gasteiger partial charge on any atom is -0.867 e. The number of hydrogen-bond donors (Lipinski definition) is 1. The monoisotopic (exact) mass is 321 g/mol. The van der Waals surface area contributed by atoms with E-state index in [4.69, 9.17) is 17.3 Å². The first-order valence-corrected chi connectivity index (χ1v) is 6.36. The molecule has 0 bridgehead atoms. The lowest BCUT2D eigenvalue weighted by Gasteiger charge is -2.11. The van der Waals surface area contributed by atoms with Crippen LogP contribution in [0.2, 0.25) is 5.02 Å². The van der Waals surface area contributed by atoms with E-state index in [-0.39, 0.29) is 16.4 Å². The summed E-state index contributed by atoms with van der Waals surface area (Å²) in [6.45, 7) is 1.70. The Kier molecular flexibility index (Phi) is 4.13. The van der Waals surface area contributed by atoms with Crippen molar-refractivity contribution in [2.24, 2.45) is 5.10 Å². The van der Waals surface area contributed by atoms with Gasteiger partial charge in [-0.15, -0.1) is 0 Å². The van der Waals surface area contributed by atoms with Gasteiger partial charge in [-0.25, -0.2) is 0 Å². The standard InChI is InChI=1S/C13H11ClN4O4/c1-7-2-11(15)17(12(19)3-7)16-6-8-4-9(14)5-10(13(8)20)18(21)22/h2-6,20H,15H2,1H3/p-1/b16-6-. The van der Waals surface area contributed by atoms with E-state index < -0.39 is 21.9 Å². The first-order valence-electron chi connectivity index (χ1n) is 5.98. The van der Waals surface area contributed by atoms with Gasteiger partial charge >= 0.3 is 0 Å². The molecule has 0 aliphatic rings. The van der Waals surface area contributed by atoms with E-state index in [0.29, 0.717) is 5.56 Å². The molecule has 0 aliphatic carbocycles. The van der Waals surface area contributed by atoms with Crippen LogP contribution in [0.25, 0.3) is 0 Å². The van der Waals surface area contributed by atoms with Gasteiger partial charge in [0.1, 0.15) is 5.82 Å². The van der Waals surface area contributed by atoms with Crippen molar-refractivity contribution in [3.63, 3.8) is 0 Å². The van der Waals surface area contributed by atoms with Gasteiger partial charge in [0.05, 0.1) is 11.1 Å². The molecule has 114 valence electrons. The van der Waals surface area contributed by atoms with Crippen molar-refractivity contribution in [3.8, 4) is 5.75 Å². The fraction of sp³-hybridized carbons (Fsp3) is 0.0769. The molecule has 0 spiro atoms. The van der Waals surface area contributed by atoms with Gasteiger partial charge in [-0.1, -0.05) is 11.6 Å². The molecule has 2 aromatic rings. The number of anilines is 1. The molecular weight excluding hydrogens is 312 g/mol. The molecule has 0 unspecified atom stereocenters. The summed E-state index contributed by atoms with van der Waals surface area (Å²) in [6, 6.07) is 5.01. The zero-order valence-electron chi connectivity index (χ0n) is 11.3. The van der Waals surface area contributed by atoms with Crippen molar-refractivity contribution in [1.29, 1.82) is 0 Å². The molecule has 9 heteroatoms. The van der Waals surface area contributed by atoms with E-state index in [1.165, 1.54) is 18.2 Å². The van der Waals surface area contributed by atoms with Crippen LogP contribution in [0.3, 0.4) is 0 Å². The SMILES string of the molecule is Cc1cc(N)n(/N=C\c2cc(Cl)cc([N+](=O)[O-])c2[O-])c(=O)c1. The number of nitrogens with two attached hydrogens (primary N) is 1. The molecule has 0 amide bonds. The lowest BCUT2D eigenvalue weighted by Crippen LogP contribution is -2.19. The Morgan fingerprint density at radius 2 is 2.05 bits per heavy atom. The zero-order valence-corrected chi connectivity index (χ0v) is 12.1. The second kappa shape index (κ2) is 5.86. The van der Waals surface area contributed by atoms with Gasteiger partial charge in [0.25, 0.3) is 11.2 Å². The third-order valence-electron chi connectivity index (χ3n) is 2.75. The number of aromatic nitrogens is 1. The maximum Gasteiger partial charge on any atom is 0.273 e.